The predicted octanol–water partition coefficient (Wildman–Crippen LogP) is 4.22. The first kappa shape index (κ1) is 14.2. The Kier molecular flexibility index (Phi) is 4.04. The molecule has 100 valence electrons. The Morgan fingerprint density at radius 2 is 1.63 bits per heavy atom. The Bertz CT molecular complexity index is 596. The highest BCUT2D eigenvalue weighted by Crippen LogP contribution is 2.38. The lowest BCUT2D eigenvalue weighted by Gasteiger charge is -2.28. The number of para-hydroxylation sites is 1. The third-order valence-corrected chi connectivity index (χ3v) is 4.00. The van der Waals surface area contributed by atoms with Crippen molar-refractivity contribution in [3.63, 3.8) is 0 Å². The number of halogens is 2. The number of methoxy groups -OCH3 is 1. The van der Waals surface area contributed by atoms with Gasteiger partial charge in [0.1, 0.15) is 5.75 Å². The molecule has 0 spiro atoms. The van der Waals surface area contributed by atoms with Crippen LogP contribution in [0.1, 0.15) is 18.1 Å². The summed E-state index contributed by atoms with van der Waals surface area (Å²) in [5, 5.41) is 0.964. The second-order valence-electron chi connectivity index (χ2n) is 4.50. The Hall–Kier alpha value is -1.22. The molecule has 1 atom stereocenters. The Morgan fingerprint density at radius 1 is 1.00 bits per heavy atom. The van der Waals surface area contributed by atoms with E-state index in [1.54, 1.807) is 13.2 Å². The first-order chi connectivity index (χ1) is 8.98. The Morgan fingerprint density at radius 3 is 2.32 bits per heavy atom. The minimum atomic E-state index is -0.783. The van der Waals surface area contributed by atoms with Gasteiger partial charge in [-0.2, -0.15) is 0 Å². The monoisotopic (exact) mass is 295 g/mol. The fraction of sp³-hybridized carbons (Fsp3) is 0.200. The van der Waals surface area contributed by atoms with E-state index in [-0.39, 0.29) is 0 Å². The van der Waals surface area contributed by atoms with E-state index in [4.69, 9.17) is 33.7 Å². The second kappa shape index (κ2) is 5.41. The predicted molar refractivity (Wildman–Crippen MR) is 80.1 cm³/mol. The molecule has 2 nitrogen and oxygen atoms in total. The smallest absolute Gasteiger partial charge is 0.124 e. The standard InChI is InChI=1S/C15H15Cl2NO/c1-15(18,10-6-3-4-9-13(10)19-2)11-7-5-8-12(16)14(11)17/h3-9H,18H2,1-2H3. The van der Waals surface area contributed by atoms with Crippen LogP contribution in [0.15, 0.2) is 42.5 Å². The summed E-state index contributed by atoms with van der Waals surface area (Å²) in [5.74, 6) is 0.726. The van der Waals surface area contributed by atoms with E-state index in [2.05, 4.69) is 0 Å². The molecule has 0 bridgehead atoms. The molecule has 0 aliphatic rings. The van der Waals surface area contributed by atoms with Crippen LogP contribution in [0, 0.1) is 0 Å². The number of nitrogens with two attached hydrogens (primary N) is 1. The molecule has 0 heterocycles. The molecule has 0 saturated carbocycles. The molecule has 2 aromatic rings. The van der Waals surface area contributed by atoms with Crippen LogP contribution in [0.2, 0.25) is 10.0 Å². The lowest BCUT2D eigenvalue weighted by Crippen LogP contribution is -2.35. The van der Waals surface area contributed by atoms with Crippen LogP contribution >= 0.6 is 23.2 Å². The third kappa shape index (κ3) is 2.57. The van der Waals surface area contributed by atoms with Crippen molar-refractivity contribution in [1.29, 1.82) is 0 Å². The molecule has 0 aromatic heterocycles. The molecule has 0 amide bonds. The molecular formula is C15H15Cl2NO. The highest BCUT2D eigenvalue weighted by Gasteiger charge is 2.29. The number of hydrogen-bond acceptors (Lipinski definition) is 2. The normalized spacial score (nSPS) is 13.9. The van der Waals surface area contributed by atoms with Crippen molar-refractivity contribution in [3.8, 4) is 5.75 Å². The molecule has 0 fully saturated rings. The van der Waals surface area contributed by atoms with E-state index in [0.717, 1.165) is 16.9 Å². The Balaban J connectivity index is 2.62. The lowest BCUT2D eigenvalue weighted by atomic mass is 9.85. The van der Waals surface area contributed by atoms with Crippen molar-refractivity contribution < 1.29 is 4.74 Å². The van der Waals surface area contributed by atoms with Crippen LogP contribution in [-0.4, -0.2) is 7.11 Å². The fourth-order valence-electron chi connectivity index (χ4n) is 2.12. The molecule has 0 aliphatic carbocycles. The zero-order valence-electron chi connectivity index (χ0n) is 10.8. The van der Waals surface area contributed by atoms with E-state index in [0.29, 0.717) is 10.0 Å². The van der Waals surface area contributed by atoms with Gasteiger partial charge in [-0.05, 0) is 24.6 Å². The average Bonchev–Trinajstić information content (AvgIpc) is 2.41. The van der Waals surface area contributed by atoms with Gasteiger partial charge in [-0.15, -0.1) is 0 Å². The highest BCUT2D eigenvalue weighted by atomic mass is 35.5. The average molecular weight is 296 g/mol. The van der Waals surface area contributed by atoms with E-state index >= 15 is 0 Å². The van der Waals surface area contributed by atoms with Crippen molar-refractivity contribution in [2.75, 3.05) is 7.11 Å². The van der Waals surface area contributed by atoms with Gasteiger partial charge in [-0.3, -0.25) is 0 Å². The van der Waals surface area contributed by atoms with E-state index in [1.165, 1.54) is 0 Å². The number of ether oxygens (including phenoxy) is 1. The summed E-state index contributed by atoms with van der Waals surface area (Å²) in [7, 11) is 1.62. The minimum absolute atomic E-state index is 0.472. The third-order valence-electron chi connectivity index (χ3n) is 3.18. The van der Waals surface area contributed by atoms with Crippen LogP contribution in [0.25, 0.3) is 0 Å². The minimum Gasteiger partial charge on any atom is -0.496 e. The molecule has 1 unspecified atom stereocenters. The van der Waals surface area contributed by atoms with E-state index in [1.807, 2.05) is 43.3 Å². The van der Waals surface area contributed by atoms with Crippen molar-refractivity contribution >= 4 is 23.2 Å². The van der Waals surface area contributed by atoms with Gasteiger partial charge < -0.3 is 10.5 Å². The van der Waals surface area contributed by atoms with Gasteiger partial charge in [0.2, 0.25) is 0 Å². The van der Waals surface area contributed by atoms with Crippen molar-refractivity contribution in [2.24, 2.45) is 5.73 Å². The zero-order chi connectivity index (χ0) is 14.0. The zero-order valence-corrected chi connectivity index (χ0v) is 12.3. The first-order valence-corrected chi connectivity index (χ1v) is 6.61. The summed E-state index contributed by atoms with van der Waals surface area (Å²) in [5.41, 5.74) is 7.33. The van der Waals surface area contributed by atoms with Crippen molar-refractivity contribution in [3.05, 3.63) is 63.6 Å². The van der Waals surface area contributed by atoms with Gasteiger partial charge in [0.15, 0.2) is 0 Å². The molecular weight excluding hydrogens is 281 g/mol. The number of hydrogen-bond donors (Lipinski definition) is 1. The quantitative estimate of drug-likeness (QED) is 0.920. The SMILES string of the molecule is COc1ccccc1C(C)(N)c1cccc(Cl)c1Cl. The maximum Gasteiger partial charge on any atom is 0.124 e. The maximum absolute atomic E-state index is 6.48. The number of benzene rings is 2. The summed E-state index contributed by atoms with van der Waals surface area (Å²) in [6, 6.07) is 13.1. The highest BCUT2D eigenvalue weighted by molar-refractivity contribution is 6.42. The van der Waals surface area contributed by atoms with Crippen molar-refractivity contribution in [1.82, 2.24) is 0 Å². The molecule has 0 radical (unpaired) electrons. The first-order valence-electron chi connectivity index (χ1n) is 5.85. The lowest BCUT2D eigenvalue weighted by molar-refractivity contribution is 0.399. The summed E-state index contributed by atoms with van der Waals surface area (Å²) in [6.45, 7) is 1.89. The Labute approximate surface area is 123 Å². The van der Waals surface area contributed by atoms with Crippen LogP contribution in [-0.2, 0) is 5.54 Å². The molecule has 2 rings (SSSR count). The molecule has 2 N–H and O–H groups in total. The molecule has 19 heavy (non-hydrogen) atoms. The molecule has 4 heteroatoms. The summed E-state index contributed by atoms with van der Waals surface area (Å²) >= 11 is 12.3. The van der Waals surface area contributed by atoms with Gasteiger partial charge in [-0.1, -0.05) is 53.5 Å². The second-order valence-corrected chi connectivity index (χ2v) is 5.29. The van der Waals surface area contributed by atoms with E-state index in [9.17, 15) is 0 Å². The van der Waals surface area contributed by atoms with Crippen LogP contribution in [0.5, 0.6) is 5.75 Å². The number of rotatable bonds is 3. The van der Waals surface area contributed by atoms with E-state index < -0.39 is 5.54 Å². The fourth-order valence-corrected chi connectivity index (χ4v) is 2.62. The van der Waals surface area contributed by atoms with Gasteiger partial charge in [0.05, 0.1) is 22.7 Å². The molecule has 0 aliphatic heterocycles. The van der Waals surface area contributed by atoms with Gasteiger partial charge in [0.25, 0.3) is 0 Å². The molecule has 0 saturated heterocycles. The van der Waals surface area contributed by atoms with Gasteiger partial charge in [-0.25, -0.2) is 0 Å². The van der Waals surface area contributed by atoms with Crippen LogP contribution in [0.3, 0.4) is 0 Å². The maximum atomic E-state index is 6.48. The van der Waals surface area contributed by atoms with Crippen LogP contribution in [0.4, 0.5) is 0 Å². The summed E-state index contributed by atoms with van der Waals surface area (Å²) in [6.07, 6.45) is 0. The topological polar surface area (TPSA) is 35.2 Å². The van der Waals surface area contributed by atoms with Crippen LogP contribution < -0.4 is 10.5 Å². The van der Waals surface area contributed by atoms with Gasteiger partial charge >= 0.3 is 0 Å². The summed E-state index contributed by atoms with van der Waals surface area (Å²) < 4.78 is 5.37. The van der Waals surface area contributed by atoms with Crippen molar-refractivity contribution in [2.45, 2.75) is 12.5 Å². The van der Waals surface area contributed by atoms with Gasteiger partial charge in [0, 0.05) is 5.56 Å². The molecule has 2 aromatic carbocycles. The largest absolute Gasteiger partial charge is 0.496 e. The summed E-state index contributed by atoms with van der Waals surface area (Å²) in [4.78, 5) is 0.